The molecule has 5 nitrogen and oxygen atoms in total. The van der Waals surface area contributed by atoms with E-state index in [0.717, 1.165) is 11.1 Å². The summed E-state index contributed by atoms with van der Waals surface area (Å²) < 4.78 is 51.4. The van der Waals surface area contributed by atoms with Gasteiger partial charge < -0.3 is 0 Å². The zero-order chi connectivity index (χ0) is 18.8. The molecule has 0 spiro atoms. The second kappa shape index (κ2) is 7.27. The van der Waals surface area contributed by atoms with Gasteiger partial charge in [0.05, 0.1) is 9.79 Å². The quantitative estimate of drug-likeness (QED) is 0.829. The van der Waals surface area contributed by atoms with Crippen LogP contribution in [-0.4, -0.2) is 16.8 Å². The summed E-state index contributed by atoms with van der Waals surface area (Å²) >= 11 is 0. The van der Waals surface area contributed by atoms with Crippen molar-refractivity contribution >= 4 is 20.0 Å². The average molecular weight is 382 g/mol. The van der Waals surface area contributed by atoms with Crippen molar-refractivity contribution < 1.29 is 16.8 Å². The maximum Gasteiger partial charge on any atom is 0.253 e. The molecule has 0 saturated heterocycles. The molecule has 0 atom stereocenters. The Kier molecular flexibility index (Phi) is 5.71. The van der Waals surface area contributed by atoms with E-state index in [-0.39, 0.29) is 21.6 Å². The first kappa shape index (κ1) is 19.6. The molecule has 2 rings (SSSR count). The fourth-order valence-corrected chi connectivity index (χ4v) is 5.22. The molecule has 136 valence electrons. The lowest BCUT2D eigenvalue weighted by molar-refractivity contribution is 0.577. The molecule has 0 radical (unpaired) electrons. The lowest BCUT2D eigenvalue weighted by Crippen LogP contribution is -2.30. The van der Waals surface area contributed by atoms with Crippen molar-refractivity contribution in [2.24, 2.45) is 0 Å². The van der Waals surface area contributed by atoms with Crippen molar-refractivity contribution in [3.05, 3.63) is 59.7 Å². The van der Waals surface area contributed by atoms with Crippen molar-refractivity contribution in [2.75, 3.05) is 0 Å². The summed E-state index contributed by atoms with van der Waals surface area (Å²) in [5, 5.41) is 0. The van der Waals surface area contributed by atoms with Crippen LogP contribution in [0.4, 0.5) is 0 Å². The molecule has 25 heavy (non-hydrogen) atoms. The second-order valence-corrected chi connectivity index (χ2v) is 10.2. The molecule has 2 aromatic rings. The number of rotatable bonds is 6. The molecule has 0 amide bonds. The molecule has 0 saturated carbocycles. The second-order valence-electron chi connectivity index (χ2n) is 6.54. The van der Waals surface area contributed by atoms with E-state index in [9.17, 15) is 16.8 Å². The van der Waals surface area contributed by atoms with E-state index in [0.29, 0.717) is 0 Å². The average Bonchev–Trinajstić information content (AvgIpc) is 2.54. The fraction of sp³-hybridized carbons (Fsp3) is 0.333. The van der Waals surface area contributed by atoms with Gasteiger partial charge in [-0.05, 0) is 47.2 Å². The van der Waals surface area contributed by atoms with Crippen LogP contribution in [0, 0.1) is 0 Å². The minimum Gasteiger partial charge on any atom is -0.206 e. The van der Waals surface area contributed by atoms with Gasteiger partial charge >= 0.3 is 0 Å². The maximum absolute atomic E-state index is 12.4. The lowest BCUT2D eigenvalue weighted by Gasteiger charge is -2.11. The highest BCUT2D eigenvalue weighted by atomic mass is 32.3. The van der Waals surface area contributed by atoms with Gasteiger partial charge in [0.25, 0.3) is 20.0 Å². The predicted molar refractivity (Wildman–Crippen MR) is 98.6 cm³/mol. The van der Waals surface area contributed by atoms with Gasteiger partial charge in [0.2, 0.25) is 0 Å². The Hall–Kier alpha value is -1.70. The summed E-state index contributed by atoms with van der Waals surface area (Å²) in [6.45, 7) is 7.97. The van der Waals surface area contributed by atoms with Crippen LogP contribution in [0.1, 0.15) is 50.7 Å². The molecule has 0 fully saturated rings. The standard InChI is InChI=1S/C18H23NO4S2/c1-13(2)15-5-9-17(10-6-15)24(20,21)19-25(22,23)18-11-7-16(8-12-18)14(3)4/h5-14,19H,1-4H3. The SMILES string of the molecule is CC(C)c1ccc(S(=O)(=O)NS(=O)(=O)c2ccc(C(C)C)cc2)cc1. The zero-order valence-corrected chi connectivity index (χ0v) is 16.4. The summed E-state index contributed by atoms with van der Waals surface area (Å²) in [5.41, 5.74) is 1.96. The van der Waals surface area contributed by atoms with Crippen LogP contribution >= 0.6 is 0 Å². The number of nitrogens with one attached hydrogen (secondary N) is 1. The van der Waals surface area contributed by atoms with Crippen LogP contribution < -0.4 is 4.13 Å². The van der Waals surface area contributed by atoms with Crippen LogP contribution in [0.2, 0.25) is 0 Å². The van der Waals surface area contributed by atoms with E-state index in [1.165, 1.54) is 24.3 Å². The monoisotopic (exact) mass is 381 g/mol. The summed E-state index contributed by atoms with van der Waals surface area (Å²) in [4.78, 5) is -0.168. The Morgan fingerprint density at radius 3 is 1.12 bits per heavy atom. The molecule has 0 aliphatic carbocycles. The van der Waals surface area contributed by atoms with Crippen molar-refractivity contribution in [3.8, 4) is 0 Å². The summed E-state index contributed by atoms with van der Waals surface area (Å²) in [5.74, 6) is 0.515. The van der Waals surface area contributed by atoms with Crippen LogP contribution in [0.3, 0.4) is 0 Å². The number of benzene rings is 2. The maximum atomic E-state index is 12.4. The van der Waals surface area contributed by atoms with E-state index in [1.54, 1.807) is 24.3 Å². The molecular weight excluding hydrogens is 358 g/mol. The molecule has 7 heteroatoms. The van der Waals surface area contributed by atoms with E-state index in [1.807, 2.05) is 31.8 Å². The number of sulfonamides is 2. The van der Waals surface area contributed by atoms with Gasteiger partial charge in [-0.15, -0.1) is 4.13 Å². The summed E-state index contributed by atoms with van der Waals surface area (Å²) in [6, 6.07) is 12.4. The smallest absolute Gasteiger partial charge is 0.206 e. The molecule has 0 heterocycles. The Bertz CT molecular complexity index is 848. The highest BCUT2D eigenvalue weighted by Gasteiger charge is 2.24. The first-order valence-electron chi connectivity index (χ1n) is 8.01. The van der Waals surface area contributed by atoms with Gasteiger partial charge in [-0.25, -0.2) is 16.8 Å². The Balaban J connectivity index is 2.29. The lowest BCUT2D eigenvalue weighted by atomic mass is 10.0. The van der Waals surface area contributed by atoms with Crippen molar-refractivity contribution in [3.63, 3.8) is 0 Å². The Labute approximate surface area is 150 Å². The van der Waals surface area contributed by atoms with E-state index >= 15 is 0 Å². The Morgan fingerprint density at radius 1 is 0.600 bits per heavy atom. The van der Waals surface area contributed by atoms with Crippen LogP contribution in [0.15, 0.2) is 58.3 Å². The zero-order valence-electron chi connectivity index (χ0n) is 14.7. The fourth-order valence-electron chi connectivity index (χ4n) is 2.30. The van der Waals surface area contributed by atoms with Gasteiger partial charge in [-0.1, -0.05) is 52.0 Å². The van der Waals surface area contributed by atoms with Crippen molar-refractivity contribution in [2.45, 2.75) is 49.3 Å². The third-order valence-electron chi connectivity index (χ3n) is 3.93. The van der Waals surface area contributed by atoms with Gasteiger partial charge in [0, 0.05) is 0 Å². The van der Waals surface area contributed by atoms with Gasteiger partial charge in [-0.2, -0.15) is 0 Å². The van der Waals surface area contributed by atoms with E-state index in [2.05, 4.69) is 0 Å². The first-order valence-corrected chi connectivity index (χ1v) is 11.0. The minimum absolute atomic E-state index is 0.0840. The third-order valence-corrected chi connectivity index (χ3v) is 7.47. The molecule has 0 unspecified atom stereocenters. The molecule has 2 aromatic carbocycles. The predicted octanol–water partition coefficient (Wildman–Crippen LogP) is 3.60. The van der Waals surface area contributed by atoms with Crippen molar-refractivity contribution in [1.29, 1.82) is 0 Å². The summed E-state index contributed by atoms with van der Waals surface area (Å²) in [7, 11) is -8.35. The Morgan fingerprint density at radius 2 is 0.880 bits per heavy atom. The highest BCUT2D eigenvalue weighted by Crippen LogP contribution is 2.20. The molecule has 0 bridgehead atoms. The molecule has 1 N–H and O–H groups in total. The molecular formula is C18H23NO4S2. The van der Waals surface area contributed by atoms with Gasteiger partial charge in [-0.3, -0.25) is 0 Å². The normalized spacial score (nSPS) is 12.7. The third kappa shape index (κ3) is 4.68. The summed E-state index contributed by atoms with van der Waals surface area (Å²) in [6.07, 6.45) is 0. The van der Waals surface area contributed by atoms with Crippen LogP contribution in [0.25, 0.3) is 0 Å². The number of hydrogen-bond acceptors (Lipinski definition) is 4. The van der Waals surface area contributed by atoms with Crippen LogP contribution in [-0.2, 0) is 20.0 Å². The van der Waals surface area contributed by atoms with E-state index < -0.39 is 20.0 Å². The topological polar surface area (TPSA) is 80.3 Å². The minimum atomic E-state index is -4.17. The van der Waals surface area contributed by atoms with Gasteiger partial charge in [0.1, 0.15) is 0 Å². The van der Waals surface area contributed by atoms with Gasteiger partial charge in [0.15, 0.2) is 0 Å². The first-order chi connectivity index (χ1) is 11.5. The number of hydrogen-bond donors (Lipinski definition) is 1. The molecule has 0 aliphatic rings. The van der Waals surface area contributed by atoms with Crippen LogP contribution in [0.5, 0.6) is 0 Å². The molecule has 0 aliphatic heterocycles. The van der Waals surface area contributed by atoms with E-state index in [4.69, 9.17) is 0 Å². The molecule has 0 aromatic heterocycles. The van der Waals surface area contributed by atoms with Crippen molar-refractivity contribution in [1.82, 2.24) is 4.13 Å². The highest BCUT2D eigenvalue weighted by molar-refractivity contribution is 8.04. The largest absolute Gasteiger partial charge is 0.253 e.